The molecule has 7 aromatic rings. The predicted molar refractivity (Wildman–Crippen MR) is 211 cm³/mol. The third-order valence-electron chi connectivity index (χ3n) is 9.76. The highest BCUT2D eigenvalue weighted by Crippen LogP contribution is 2.31. The molecule has 0 fully saturated rings. The predicted octanol–water partition coefficient (Wildman–Crippen LogP) is 8.80. The van der Waals surface area contributed by atoms with Gasteiger partial charge < -0.3 is 9.30 Å². The second kappa shape index (κ2) is 17.2. The van der Waals surface area contributed by atoms with E-state index in [0.29, 0.717) is 31.0 Å². The van der Waals surface area contributed by atoms with Crippen LogP contribution in [0, 0.1) is 12.8 Å². The van der Waals surface area contributed by atoms with Crippen molar-refractivity contribution in [2.45, 2.75) is 59.1 Å². The van der Waals surface area contributed by atoms with Crippen molar-refractivity contribution in [3.05, 3.63) is 155 Å². The van der Waals surface area contributed by atoms with Gasteiger partial charge in [-0.1, -0.05) is 116 Å². The van der Waals surface area contributed by atoms with Crippen LogP contribution in [0.5, 0.6) is 0 Å². The molecule has 0 spiro atoms. The molecule has 7 rings (SSSR count). The van der Waals surface area contributed by atoms with Crippen molar-refractivity contribution < 1.29 is 14.3 Å². The molecule has 0 aliphatic rings. The highest BCUT2D eigenvalue weighted by atomic mass is 16.5. The summed E-state index contributed by atoms with van der Waals surface area (Å²) in [7, 11) is 0. The fraction of sp³-hybridized carbons (Fsp3) is 0.244. The molecule has 9 nitrogen and oxygen atoms in total. The fourth-order valence-corrected chi connectivity index (χ4v) is 7.23. The number of ketones is 2. The number of nitrogens with one attached hydrogen (secondary N) is 1. The zero-order valence-electron chi connectivity index (χ0n) is 30.7. The number of hydrogen-bond donors (Lipinski definition) is 1. The van der Waals surface area contributed by atoms with Crippen LogP contribution < -0.4 is 0 Å². The van der Waals surface area contributed by atoms with Crippen LogP contribution in [0.1, 0.15) is 64.6 Å². The lowest BCUT2D eigenvalue weighted by atomic mass is 9.88. The molecule has 2 aromatic heterocycles. The molecule has 5 aromatic carbocycles. The van der Waals surface area contributed by atoms with Crippen LogP contribution in [0.4, 0.5) is 0 Å². The Bertz CT molecular complexity index is 2320. The van der Waals surface area contributed by atoms with E-state index < -0.39 is 0 Å². The van der Waals surface area contributed by atoms with E-state index in [2.05, 4.69) is 81.5 Å². The Morgan fingerprint density at radius 3 is 2.20 bits per heavy atom. The summed E-state index contributed by atoms with van der Waals surface area (Å²) in [5, 5.41) is 14.6. The van der Waals surface area contributed by atoms with Crippen LogP contribution in [-0.4, -0.2) is 48.3 Å². The summed E-state index contributed by atoms with van der Waals surface area (Å²) in [6, 6.07) is 40.4. The van der Waals surface area contributed by atoms with Gasteiger partial charge in [0.25, 0.3) is 0 Å². The number of Topliss-reactive ketones (excluding diaryl/α,β-unsaturated/α-hetero) is 2. The molecule has 0 saturated carbocycles. The number of nitrogens with zero attached hydrogens (tertiary/aromatic N) is 5. The van der Waals surface area contributed by atoms with Gasteiger partial charge in [0, 0.05) is 36.9 Å². The molecule has 0 unspecified atom stereocenters. The number of tetrazole rings is 1. The lowest BCUT2D eigenvalue weighted by Crippen LogP contribution is -2.19. The Morgan fingerprint density at radius 1 is 0.796 bits per heavy atom. The molecule has 0 aliphatic heterocycles. The van der Waals surface area contributed by atoms with Crippen LogP contribution in [0.2, 0.25) is 0 Å². The zero-order valence-corrected chi connectivity index (χ0v) is 30.7. The summed E-state index contributed by atoms with van der Waals surface area (Å²) in [5.41, 5.74) is 9.76. The van der Waals surface area contributed by atoms with Gasteiger partial charge in [0.15, 0.2) is 11.6 Å². The number of fused-ring (bicyclic) bond motifs is 1. The Hall–Kier alpha value is -6.06. The third kappa shape index (κ3) is 8.76. The molecule has 2 heterocycles. The number of benzene rings is 5. The Labute approximate surface area is 315 Å². The van der Waals surface area contributed by atoms with Crippen LogP contribution in [-0.2, 0) is 35.5 Å². The Balaban J connectivity index is 1.09. The number of aryl methyl sites for hydroxylation is 2. The first kappa shape index (κ1) is 36.3. The molecular formula is C45H44N6O3. The molecule has 1 N–H and O–H groups in total. The number of carbonyl (C=O) groups excluding carboxylic acids is 2. The van der Waals surface area contributed by atoms with Gasteiger partial charge in [0.2, 0.25) is 5.82 Å². The number of ether oxygens (including phenoxy) is 1. The zero-order chi connectivity index (χ0) is 37.3. The minimum absolute atomic E-state index is 0.00142. The van der Waals surface area contributed by atoms with Crippen molar-refractivity contribution in [1.29, 1.82) is 0 Å². The molecule has 0 aliphatic carbocycles. The van der Waals surface area contributed by atoms with Crippen LogP contribution in [0.15, 0.2) is 121 Å². The van der Waals surface area contributed by atoms with Crippen molar-refractivity contribution in [3.8, 4) is 22.5 Å². The molecule has 0 saturated heterocycles. The first-order chi connectivity index (χ1) is 26.4. The molecule has 0 radical (unpaired) electrons. The molecule has 54 heavy (non-hydrogen) atoms. The number of hydrogen-bond acceptors (Lipinski definition) is 7. The fourth-order valence-electron chi connectivity index (χ4n) is 7.23. The molecule has 272 valence electrons. The van der Waals surface area contributed by atoms with Gasteiger partial charge in [-0.2, -0.15) is 5.21 Å². The first-order valence-electron chi connectivity index (χ1n) is 18.6. The van der Waals surface area contributed by atoms with Gasteiger partial charge in [-0.15, -0.1) is 10.2 Å². The van der Waals surface area contributed by atoms with Crippen molar-refractivity contribution >= 4 is 22.6 Å². The Morgan fingerprint density at radius 2 is 1.50 bits per heavy atom. The van der Waals surface area contributed by atoms with Gasteiger partial charge in [-0.3, -0.25) is 9.59 Å². The van der Waals surface area contributed by atoms with E-state index in [-0.39, 0.29) is 36.9 Å². The summed E-state index contributed by atoms with van der Waals surface area (Å²) in [6.07, 6.45) is 2.93. The molecule has 0 bridgehead atoms. The van der Waals surface area contributed by atoms with Crippen LogP contribution in [0.25, 0.3) is 33.5 Å². The summed E-state index contributed by atoms with van der Waals surface area (Å²) >= 11 is 0. The van der Waals surface area contributed by atoms with E-state index in [1.54, 1.807) is 0 Å². The SMILES string of the molecule is CCCc1nc2cc(C(=O)C[C@@H](CC(=O)COCc3ccccc3)Cc3ccccc3)cc(C)c2n1Cc1ccc(-c2ccccc2-c2nn[nH]n2)cc1. The van der Waals surface area contributed by atoms with Crippen LogP contribution >= 0.6 is 0 Å². The quantitative estimate of drug-likeness (QED) is 0.0937. The van der Waals surface area contributed by atoms with E-state index in [1.807, 2.05) is 78.9 Å². The summed E-state index contributed by atoms with van der Waals surface area (Å²) in [6.45, 7) is 5.26. The maximum atomic E-state index is 14.0. The average Bonchev–Trinajstić information content (AvgIpc) is 3.85. The standard InChI is InChI=1S/C45H44N6O3/c1-3-12-43-46-41-27-37(42(53)26-35(24-32-13-6-4-7-14-32)25-38(52)30-54-29-34-15-8-5-9-16-34)23-31(2)44(41)51(43)28-33-19-21-36(22-20-33)39-17-10-11-18-40(39)45-47-49-50-48-45/h4-11,13-23,27,35H,3,12,24-26,28-30H2,1-2H3,(H,47,48,49,50)/t35-/m1/s1. The topological polar surface area (TPSA) is 116 Å². The highest BCUT2D eigenvalue weighted by molar-refractivity contribution is 6.00. The van der Waals surface area contributed by atoms with Gasteiger partial charge in [0.05, 0.1) is 17.6 Å². The largest absolute Gasteiger partial charge is 0.369 e. The average molecular weight is 717 g/mol. The maximum absolute atomic E-state index is 14.0. The second-order valence-electron chi connectivity index (χ2n) is 13.9. The minimum atomic E-state index is -0.154. The van der Waals surface area contributed by atoms with E-state index in [0.717, 1.165) is 68.6 Å². The summed E-state index contributed by atoms with van der Waals surface area (Å²) in [4.78, 5) is 32.2. The monoisotopic (exact) mass is 716 g/mol. The molecule has 1 atom stereocenters. The number of aromatic amines is 1. The smallest absolute Gasteiger partial charge is 0.205 e. The number of rotatable bonds is 17. The van der Waals surface area contributed by atoms with Crippen LogP contribution in [0.3, 0.4) is 0 Å². The molecular weight excluding hydrogens is 673 g/mol. The van der Waals surface area contributed by atoms with Gasteiger partial charge >= 0.3 is 0 Å². The highest BCUT2D eigenvalue weighted by Gasteiger charge is 2.22. The van der Waals surface area contributed by atoms with Crippen molar-refractivity contribution in [1.82, 2.24) is 30.2 Å². The number of aromatic nitrogens is 6. The van der Waals surface area contributed by atoms with Gasteiger partial charge in [-0.05, 0) is 76.4 Å². The van der Waals surface area contributed by atoms with E-state index in [1.165, 1.54) is 0 Å². The second-order valence-corrected chi connectivity index (χ2v) is 13.9. The first-order valence-corrected chi connectivity index (χ1v) is 18.6. The van der Waals surface area contributed by atoms with E-state index in [9.17, 15) is 9.59 Å². The van der Waals surface area contributed by atoms with E-state index >= 15 is 0 Å². The number of imidazole rings is 1. The van der Waals surface area contributed by atoms with Gasteiger partial charge in [0.1, 0.15) is 12.4 Å². The molecule has 9 heteroatoms. The summed E-state index contributed by atoms with van der Waals surface area (Å²) < 4.78 is 8.04. The maximum Gasteiger partial charge on any atom is 0.205 e. The molecule has 0 amide bonds. The minimum Gasteiger partial charge on any atom is -0.369 e. The number of carbonyl (C=O) groups is 2. The summed E-state index contributed by atoms with van der Waals surface area (Å²) in [5.74, 6) is 1.41. The van der Waals surface area contributed by atoms with Gasteiger partial charge in [-0.25, -0.2) is 4.98 Å². The Kier molecular flexibility index (Phi) is 11.5. The van der Waals surface area contributed by atoms with Crippen molar-refractivity contribution in [2.75, 3.05) is 6.61 Å². The lowest BCUT2D eigenvalue weighted by molar-refractivity contribution is -0.124. The van der Waals surface area contributed by atoms with E-state index in [4.69, 9.17) is 9.72 Å². The normalized spacial score (nSPS) is 11.9. The lowest BCUT2D eigenvalue weighted by Gasteiger charge is -2.17. The van der Waals surface area contributed by atoms with Crippen molar-refractivity contribution in [2.24, 2.45) is 5.92 Å². The third-order valence-corrected chi connectivity index (χ3v) is 9.76. The van der Waals surface area contributed by atoms with Crippen molar-refractivity contribution in [3.63, 3.8) is 0 Å². The number of H-pyrrole nitrogens is 1.